The summed E-state index contributed by atoms with van der Waals surface area (Å²) in [5, 5.41) is 6.22. The van der Waals surface area contributed by atoms with E-state index in [4.69, 9.17) is 4.74 Å². The Morgan fingerprint density at radius 3 is 2.69 bits per heavy atom. The van der Waals surface area contributed by atoms with Gasteiger partial charge in [-0.25, -0.2) is 13.1 Å². The highest BCUT2D eigenvalue weighted by Gasteiger charge is 2.20. The van der Waals surface area contributed by atoms with Crippen LogP contribution in [0.4, 0.5) is 0 Å². The molecule has 0 aromatic heterocycles. The van der Waals surface area contributed by atoms with Crippen molar-refractivity contribution in [2.75, 3.05) is 33.0 Å². The molecule has 0 atom stereocenters. The van der Waals surface area contributed by atoms with E-state index in [-0.39, 0.29) is 5.75 Å². The summed E-state index contributed by atoms with van der Waals surface area (Å²) < 4.78 is 32.1. The second-order valence-electron chi connectivity index (χ2n) is 6.63. The number of benzene rings is 1. The minimum Gasteiger partial charge on any atom is -0.496 e. The van der Waals surface area contributed by atoms with Crippen molar-refractivity contribution in [3.8, 4) is 5.75 Å². The van der Waals surface area contributed by atoms with Gasteiger partial charge in [-0.1, -0.05) is 18.6 Å². The monoisotopic (exact) mass is 382 g/mol. The Labute approximate surface area is 156 Å². The van der Waals surface area contributed by atoms with Crippen molar-refractivity contribution in [3.63, 3.8) is 0 Å². The van der Waals surface area contributed by atoms with Crippen molar-refractivity contribution in [2.24, 2.45) is 10.9 Å². The van der Waals surface area contributed by atoms with Crippen molar-refractivity contribution < 1.29 is 13.2 Å². The number of aryl methyl sites for hydroxylation is 1. The smallest absolute Gasteiger partial charge is 0.213 e. The quantitative estimate of drug-likeness (QED) is 0.443. The van der Waals surface area contributed by atoms with E-state index in [0.717, 1.165) is 29.7 Å². The van der Waals surface area contributed by atoms with Crippen molar-refractivity contribution >= 4 is 16.0 Å². The molecule has 1 aromatic rings. The number of nitrogens with one attached hydrogen (secondary N) is 3. The van der Waals surface area contributed by atoms with Gasteiger partial charge in [0, 0.05) is 32.2 Å². The van der Waals surface area contributed by atoms with Crippen LogP contribution in [0, 0.1) is 12.8 Å². The molecule has 0 aliphatic heterocycles. The molecule has 3 N–H and O–H groups in total. The number of ether oxygens (including phenoxy) is 1. The summed E-state index contributed by atoms with van der Waals surface area (Å²) in [4.78, 5) is 4.13. The fourth-order valence-electron chi connectivity index (χ4n) is 2.72. The first-order valence-corrected chi connectivity index (χ1v) is 10.6. The molecule has 7 nitrogen and oxygen atoms in total. The van der Waals surface area contributed by atoms with Gasteiger partial charge >= 0.3 is 0 Å². The standard InChI is InChI=1S/C18H30N4O3S/c1-14-7-8-16(17(11-14)25-3)13-21-18(19-2)20-9-10-26(23,24)22-12-15-5-4-6-15/h7-8,11,15,22H,4-6,9-10,12-13H2,1-3H3,(H2,19,20,21). The number of hydrogen-bond acceptors (Lipinski definition) is 4. The Kier molecular flexibility index (Phi) is 7.71. The third-order valence-corrected chi connectivity index (χ3v) is 5.94. The van der Waals surface area contributed by atoms with Gasteiger partial charge in [-0.15, -0.1) is 0 Å². The maximum absolute atomic E-state index is 12.0. The van der Waals surface area contributed by atoms with Crippen LogP contribution in [0.1, 0.15) is 30.4 Å². The molecule has 1 aliphatic carbocycles. The molecule has 1 saturated carbocycles. The SMILES string of the molecule is CN=C(NCCS(=O)(=O)NCC1CCC1)NCc1ccc(C)cc1OC. The fraction of sp³-hybridized carbons (Fsp3) is 0.611. The van der Waals surface area contributed by atoms with Crippen LogP contribution in [0.5, 0.6) is 5.75 Å². The van der Waals surface area contributed by atoms with Gasteiger partial charge in [0.2, 0.25) is 10.0 Å². The van der Waals surface area contributed by atoms with E-state index < -0.39 is 10.0 Å². The van der Waals surface area contributed by atoms with Gasteiger partial charge in [0.25, 0.3) is 0 Å². The van der Waals surface area contributed by atoms with Gasteiger partial charge in [-0.3, -0.25) is 4.99 Å². The number of aliphatic imine (C=N–C) groups is 1. The zero-order valence-corrected chi connectivity index (χ0v) is 16.7. The van der Waals surface area contributed by atoms with Crippen LogP contribution in [0.3, 0.4) is 0 Å². The van der Waals surface area contributed by atoms with Crippen LogP contribution in [-0.4, -0.2) is 47.4 Å². The maximum Gasteiger partial charge on any atom is 0.213 e. The Morgan fingerprint density at radius 2 is 2.08 bits per heavy atom. The van der Waals surface area contributed by atoms with E-state index in [1.165, 1.54) is 6.42 Å². The molecule has 26 heavy (non-hydrogen) atoms. The Morgan fingerprint density at radius 1 is 1.31 bits per heavy atom. The van der Waals surface area contributed by atoms with Gasteiger partial charge in [0.15, 0.2) is 5.96 Å². The molecule has 146 valence electrons. The van der Waals surface area contributed by atoms with E-state index in [0.29, 0.717) is 31.5 Å². The second-order valence-corrected chi connectivity index (χ2v) is 8.56. The number of hydrogen-bond donors (Lipinski definition) is 3. The van der Waals surface area contributed by atoms with Crippen molar-refractivity contribution in [3.05, 3.63) is 29.3 Å². The highest BCUT2D eigenvalue weighted by molar-refractivity contribution is 7.89. The zero-order valence-electron chi connectivity index (χ0n) is 15.8. The van der Waals surface area contributed by atoms with Crippen molar-refractivity contribution in [2.45, 2.75) is 32.7 Å². The van der Waals surface area contributed by atoms with Crippen LogP contribution in [0.15, 0.2) is 23.2 Å². The lowest BCUT2D eigenvalue weighted by atomic mass is 9.86. The van der Waals surface area contributed by atoms with E-state index in [1.54, 1.807) is 14.2 Å². The summed E-state index contributed by atoms with van der Waals surface area (Å²) in [6, 6.07) is 6.01. The topological polar surface area (TPSA) is 91.8 Å². The minimum atomic E-state index is -3.25. The van der Waals surface area contributed by atoms with Crippen LogP contribution < -0.4 is 20.1 Å². The molecule has 1 aromatic carbocycles. The van der Waals surface area contributed by atoms with Crippen LogP contribution in [0.25, 0.3) is 0 Å². The third kappa shape index (κ3) is 6.49. The van der Waals surface area contributed by atoms with Crippen molar-refractivity contribution in [1.82, 2.24) is 15.4 Å². The van der Waals surface area contributed by atoms with E-state index in [2.05, 4.69) is 20.3 Å². The molecule has 8 heteroatoms. The molecular weight excluding hydrogens is 352 g/mol. The second kappa shape index (κ2) is 9.78. The Hall–Kier alpha value is -1.80. The van der Waals surface area contributed by atoms with Gasteiger partial charge in [0.05, 0.1) is 12.9 Å². The minimum absolute atomic E-state index is 0.0221. The summed E-state index contributed by atoms with van der Waals surface area (Å²) >= 11 is 0. The molecule has 0 unspecified atom stereocenters. The number of rotatable bonds is 9. The van der Waals surface area contributed by atoms with Crippen LogP contribution in [0.2, 0.25) is 0 Å². The summed E-state index contributed by atoms with van der Waals surface area (Å²) in [5.41, 5.74) is 2.14. The lowest BCUT2D eigenvalue weighted by Gasteiger charge is -2.25. The first kappa shape index (κ1) is 20.5. The average Bonchev–Trinajstić information content (AvgIpc) is 2.57. The summed E-state index contributed by atoms with van der Waals surface area (Å²) in [5.74, 6) is 1.91. The lowest BCUT2D eigenvalue weighted by molar-refractivity contribution is 0.316. The van der Waals surface area contributed by atoms with Gasteiger partial charge in [-0.2, -0.15) is 0 Å². The van der Waals surface area contributed by atoms with Crippen molar-refractivity contribution in [1.29, 1.82) is 0 Å². The van der Waals surface area contributed by atoms with E-state index >= 15 is 0 Å². The first-order valence-electron chi connectivity index (χ1n) is 8.99. The van der Waals surface area contributed by atoms with Gasteiger partial charge < -0.3 is 15.4 Å². The molecule has 0 radical (unpaired) electrons. The molecule has 2 rings (SSSR count). The summed E-state index contributed by atoms with van der Waals surface area (Å²) in [7, 11) is 0.0489. The summed E-state index contributed by atoms with van der Waals surface area (Å²) in [6.45, 7) is 3.41. The molecule has 1 fully saturated rings. The zero-order chi connectivity index (χ0) is 19.0. The molecular formula is C18H30N4O3S. The fourth-order valence-corrected chi connectivity index (χ4v) is 3.72. The Balaban J connectivity index is 1.75. The molecule has 0 amide bonds. The van der Waals surface area contributed by atoms with Gasteiger partial charge in [-0.05, 0) is 37.3 Å². The Bertz CT molecular complexity index is 715. The largest absolute Gasteiger partial charge is 0.496 e. The molecule has 1 aliphatic rings. The maximum atomic E-state index is 12.0. The number of methoxy groups -OCH3 is 1. The first-order chi connectivity index (χ1) is 12.4. The van der Waals surface area contributed by atoms with E-state index in [1.807, 2.05) is 25.1 Å². The highest BCUT2D eigenvalue weighted by Crippen LogP contribution is 2.25. The number of guanidine groups is 1. The molecule has 0 saturated heterocycles. The molecule has 0 heterocycles. The van der Waals surface area contributed by atoms with Crippen LogP contribution >= 0.6 is 0 Å². The van der Waals surface area contributed by atoms with Crippen LogP contribution in [-0.2, 0) is 16.6 Å². The third-order valence-electron chi connectivity index (χ3n) is 4.59. The average molecular weight is 383 g/mol. The molecule has 0 spiro atoms. The predicted molar refractivity (Wildman–Crippen MR) is 105 cm³/mol. The number of nitrogens with zero attached hydrogens (tertiary/aromatic N) is 1. The highest BCUT2D eigenvalue weighted by atomic mass is 32.2. The summed E-state index contributed by atoms with van der Waals surface area (Å²) in [6.07, 6.45) is 3.46. The van der Waals surface area contributed by atoms with E-state index in [9.17, 15) is 8.42 Å². The predicted octanol–water partition coefficient (Wildman–Crippen LogP) is 1.39. The lowest BCUT2D eigenvalue weighted by Crippen LogP contribution is -2.41. The normalized spacial score (nSPS) is 15.4. The molecule has 0 bridgehead atoms. The number of sulfonamides is 1. The van der Waals surface area contributed by atoms with Gasteiger partial charge in [0.1, 0.15) is 5.75 Å².